The minimum absolute atomic E-state index is 0.272. The van der Waals surface area contributed by atoms with Crippen LogP contribution in [0.1, 0.15) is 0 Å². The third-order valence-electron chi connectivity index (χ3n) is 3.56. The molecule has 5 nitrogen and oxygen atoms in total. The third kappa shape index (κ3) is 4.30. The monoisotopic (exact) mass is 359 g/mol. The molecule has 2 aromatic carbocycles. The fourth-order valence-corrected chi connectivity index (χ4v) is 3.01. The van der Waals surface area contributed by atoms with Gasteiger partial charge in [-0.15, -0.1) is 10.2 Å². The van der Waals surface area contributed by atoms with Crippen LogP contribution in [0.15, 0.2) is 53.7 Å². The smallest absolute Gasteiger partial charge is 0.191 e. The maximum atomic E-state index is 12.8. The van der Waals surface area contributed by atoms with Crippen LogP contribution in [0, 0.1) is 5.82 Å². The summed E-state index contributed by atoms with van der Waals surface area (Å²) in [5, 5.41) is 9.30. The van der Waals surface area contributed by atoms with Gasteiger partial charge in [-0.25, -0.2) is 4.39 Å². The average Bonchev–Trinajstić information content (AvgIpc) is 3.01. The lowest BCUT2D eigenvalue weighted by Gasteiger charge is -2.07. The topological polar surface area (TPSA) is 49.2 Å². The van der Waals surface area contributed by atoms with Gasteiger partial charge in [0.05, 0.1) is 13.7 Å². The van der Waals surface area contributed by atoms with Gasteiger partial charge in [-0.3, -0.25) is 0 Å². The first-order valence-corrected chi connectivity index (χ1v) is 8.71. The molecule has 7 heteroatoms. The Kier molecular flexibility index (Phi) is 5.55. The molecular weight excluding hydrogens is 341 g/mol. The van der Waals surface area contributed by atoms with E-state index in [2.05, 4.69) is 10.2 Å². The van der Waals surface area contributed by atoms with Gasteiger partial charge in [-0.1, -0.05) is 23.9 Å². The number of rotatable bonds is 7. The van der Waals surface area contributed by atoms with Gasteiger partial charge in [0.2, 0.25) is 0 Å². The van der Waals surface area contributed by atoms with Crippen molar-refractivity contribution in [2.75, 3.05) is 19.5 Å². The van der Waals surface area contributed by atoms with E-state index in [4.69, 9.17) is 9.47 Å². The molecule has 0 atom stereocenters. The summed E-state index contributed by atoms with van der Waals surface area (Å²) in [7, 11) is 3.57. The Hall–Kier alpha value is -2.54. The number of aromatic nitrogens is 3. The third-order valence-corrected chi connectivity index (χ3v) is 4.54. The molecule has 0 radical (unpaired) electrons. The van der Waals surface area contributed by atoms with Crippen LogP contribution in [-0.2, 0) is 7.05 Å². The van der Waals surface area contributed by atoms with Crippen LogP contribution >= 0.6 is 11.8 Å². The highest BCUT2D eigenvalue weighted by molar-refractivity contribution is 7.99. The predicted octanol–water partition coefficient (Wildman–Crippen LogP) is 3.80. The molecule has 130 valence electrons. The van der Waals surface area contributed by atoms with Crippen molar-refractivity contribution in [2.45, 2.75) is 5.16 Å². The molecule has 3 aromatic rings. The first kappa shape index (κ1) is 17.3. The van der Waals surface area contributed by atoms with Crippen molar-refractivity contribution < 1.29 is 13.9 Å². The van der Waals surface area contributed by atoms with Crippen molar-refractivity contribution in [3.8, 4) is 22.9 Å². The Morgan fingerprint density at radius 1 is 1.08 bits per heavy atom. The van der Waals surface area contributed by atoms with E-state index in [-0.39, 0.29) is 5.82 Å². The Morgan fingerprint density at radius 2 is 1.88 bits per heavy atom. The van der Waals surface area contributed by atoms with Gasteiger partial charge in [0, 0.05) is 18.4 Å². The molecule has 1 heterocycles. The second-order valence-electron chi connectivity index (χ2n) is 5.25. The predicted molar refractivity (Wildman–Crippen MR) is 95.6 cm³/mol. The van der Waals surface area contributed by atoms with Gasteiger partial charge in [-0.05, 0) is 36.4 Å². The number of halogens is 1. The molecule has 0 unspecified atom stereocenters. The standard InChI is InChI=1S/C18H18FN3O2S/c1-22-17(13-4-3-5-16(12-13)23-2)20-21-18(22)25-11-10-24-15-8-6-14(19)7-9-15/h3-9,12H,10-11H2,1-2H3. The molecule has 0 spiro atoms. The Morgan fingerprint density at radius 3 is 2.64 bits per heavy atom. The van der Waals surface area contributed by atoms with Crippen LogP contribution in [0.25, 0.3) is 11.4 Å². The van der Waals surface area contributed by atoms with E-state index >= 15 is 0 Å². The van der Waals surface area contributed by atoms with Crippen molar-refractivity contribution in [3.05, 3.63) is 54.3 Å². The Bertz CT molecular complexity index is 837. The van der Waals surface area contributed by atoms with Crippen molar-refractivity contribution >= 4 is 11.8 Å². The maximum Gasteiger partial charge on any atom is 0.191 e. The van der Waals surface area contributed by atoms with Crippen molar-refractivity contribution in [1.29, 1.82) is 0 Å². The first-order chi connectivity index (χ1) is 12.2. The maximum absolute atomic E-state index is 12.8. The summed E-state index contributed by atoms with van der Waals surface area (Å²) in [5.41, 5.74) is 0.948. The molecule has 0 aliphatic carbocycles. The molecular formula is C18H18FN3O2S. The molecule has 0 saturated carbocycles. The zero-order valence-electron chi connectivity index (χ0n) is 14.0. The fraction of sp³-hybridized carbons (Fsp3) is 0.222. The summed E-state index contributed by atoms with van der Waals surface area (Å²) in [4.78, 5) is 0. The quantitative estimate of drug-likeness (QED) is 0.474. The summed E-state index contributed by atoms with van der Waals surface area (Å²) in [6.07, 6.45) is 0. The summed E-state index contributed by atoms with van der Waals surface area (Å²) >= 11 is 1.55. The zero-order valence-corrected chi connectivity index (χ0v) is 14.8. The van der Waals surface area contributed by atoms with Crippen molar-refractivity contribution in [3.63, 3.8) is 0 Å². The van der Waals surface area contributed by atoms with Gasteiger partial charge in [0.15, 0.2) is 11.0 Å². The number of hydrogen-bond donors (Lipinski definition) is 0. The van der Waals surface area contributed by atoms with Gasteiger partial charge in [0.1, 0.15) is 17.3 Å². The zero-order chi connectivity index (χ0) is 17.6. The first-order valence-electron chi connectivity index (χ1n) is 7.72. The summed E-state index contributed by atoms with van der Waals surface area (Å²) in [6, 6.07) is 13.7. The molecule has 0 fully saturated rings. The van der Waals surface area contributed by atoms with E-state index in [0.717, 1.165) is 22.3 Å². The van der Waals surface area contributed by atoms with Gasteiger partial charge < -0.3 is 14.0 Å². The molecule has 3 rings (SSSR count). The second kappa shape index (κ2) is 8.02. The number of thioether (sulfide) groups is 1. The summed E-state index contributed by atoms with van der Waals surface area (Å²) in [6.45, 7) is 0.498. The molecule has 1 aromatic heterocycles. The molecule has 0 saturated heterocycles. The summed E-state index contributed by atoms with van der Waals surface area (Å²) < 4.78 is 25.6. The summed E-state index contributed by atoms with van der Waals surface area (Å²) in [5.74, 6) is 2.65. The van der Waals surface area contributed by atoms with E-state index in [1.54, 1.807) is 31.0 Å². The van der Waals surface area contributed by atoms with Crippen LogP contribution in [0.4, 0.5) is 4.39 Å². The highest BCUT2D eigenvalue weighted by Gasteiger charge is 2.11. The normalized spacial score (nSPS) is 10.7. The second-order valence-corrected chi connectivity index (χ2v) is 6.31. The lowest BCUT2D eigenvalue weighted by Crippen LogP contribution is -2.02. The van der Waals surface area contributed by atoms with Crippen LogP contribution in [0.5, 0.6) is 11.5 Å². The fourth-order valence-electron chi connectivity index (χ4n) is 2.28. The largest absolute Gasteiger partial charge is 0.497 e. The van der Waals surface area contributed by atoms with Gasteiger partial charge in [-0.2, -0.15) is 0 Å². The Labute approximate surface area is 149 Å². The molecule has 0 aliphatic heterocycles. The van der Waals surface area contributed by atoms with Crippen molar-refractivity contribution in [1.82, 2.24) is 14.8 Å². The van der Waals surface area contributed by atoms with E-state index in [0.29, 0.717) is 18.1 Å². The SMILES string of the molecule is COc1cccc(-c2nnc(SCCOc3ccc(F)cc3)n2C)c1. The molecule has 0 aliphatic rings. The van der Waals surface area contributed by atoms with E-state index in [1.165, 1.54) is 12.1 Å². The lowest BCUT2D eigenvalue weighted by molar-refractivity contribution is 0.343. The number of methoxy groups -OCH3 is 1. The number of nitrogens with zero attached hydrogens (tertiary/aromatic N) is 3. The highest BCUT2D eigenvalue weighted by atomic mass is 32.2. The van der Waals surface area contributed by atoms with Crippen LogP contribution in [0.3, 0.4) is 0 Å². The molecule has 25 heavy (non-hydrogen) atoms. The minimum Gasteiger partial charge on any atom is -0.497 e. The number of hydrogen-bond acceptors (Lipinski definition) is 5. The molecule has 0 amide bonds. The van der Waals surface area contributed by atoms with Crippen molar-refractivity contribution in [2.24, 2.45) is 7.05 Å². The van der Waals surface area contributed by atoms with E-state index in [1.807, 2.05) is 35.9 Å². The lowest BCUT2D eigenvalue weighted by atomic mass is 10.2. The average molecular weight is 359 g/mol. The molecule has 0 bridgehead atoms. The molecule has 0 N–H and O–H groups in total. The van der Waals surface area contributed by atoms with E-state index in [9.17, 15) is 4.39 Å². The van der Waals surface area contributed by atoms with Crippen LogP contribution in [-0.4, -0.2) is 34.2 Å². The van der Waals surface area contributed by atoms with Crippen LogP contribution in [0.2, 0.25) is 0 Å². The Balaban J connectivity index is 1.58. The van der Waals surface area contributed by atoms with E-state index < -0.39 is 0 Å². The minimum atomic E-state index is -0.272. The number of benzene rings is 2. The number of ether oxygens (including phenoxy) is 2. The highest BCUT2D eigenvalue weighted by Crippen LogP contribution is 2.25. The van der Waals surface area contributed by atoms with Crippen LogP contribution < -0.4 is 9.47 Å². The van der Waals surface area contributed by atoms with Gasteiger partial charge in [0.25, 0.3) is 0 Å². The van der Waals surface area contributed by atoms with Gasteiger partial charge >= 0.3 is 0 Å².